The fraction of sp³-hybridized carbons (Fsp3) is 0.923. The summed E-state index contributed by atoms with van der Waals surface area (Å²) in [6, 6.07) is 0.612. The average Bonchev–Trinajstić information content (AvgIpc) is 2.74. The third-order valence-electron chi connectivity index (χ3n) is 4.34. The minimum absolute atomic E-state index is 0.188. The molecule has 0 bridgehead atoms. The van der Waals surface area contributed by atoms with Crippen LogP contribution in [0.15, 0.2) is 0 Å². The fourth-order valence-corrected chi connectivity index (χ4v) is 3.23. The van der Waals surface area contributed by atoms with Gasteiger partial charge >= 0.3 is 0 Å². The molecule has 2 aliphatic rings. The minimum atomic E-state index is 0.188. The fourth-order valence-electron chi connectivity index (χ4n) is 3.23. The molecule has 0 amide bonds. The molecule has 2 rings (SSSR count). The van der Waals surface area contributed by atoms with Crippen molar-refractivity contribution >= 4 is 5.84 Å². The predicted octanol–water partition coefficient (Wildman–Crippen LogP) is 1.74. The molecule has 1 atom stereocenters. The van der Waals surface area contributed by atoms with Crippen LogP contribution >= 0.6 is 0 Å². The summed E-state index contributed by atoms with van der Waals surface area (Å²) >= 11 is 0. The lowest BCUT2D eigenvalue weighted by molar-refractivity contribution is -0.0984. The van der Waals surface area contributed by atoms with Crippen LogP contribution in [-0.2, 0) is 4.74 Å². The number of hydrogen-bond acceptors (Lipinski definition) is 3. The molecular formula is C13H25N3O. The van der Waals surface area contributed by atoms with Crippen LogP contribution in [0.25, 0.3) is 0 Å². The summed E-state index contributed by atoms with van der Waals surface area (Å²) in [4.78, 5) is 2.37. The van der Waals surface area contributed by atoms with Gasteiger partial charge in [-0.1, -0.05) is 12.8 Å². The Morgan fingerprint density at radius 1 is 1.47 bits per heavy atom. The number of nitrogens with two attached hydrogens (primary N) is 1. The Kier molecular flexibility index (Phi) is 4.05. The minimum Gasteiger partial charge on any atom is -0.388 e. The smallest absolute Gasteiger partial charge is 0.0918 e. The summed E-state index contributed by atoms with van der Waals surface area (Å²) in [5.41, 5.74) is 5.61. The van der Waals surface area contributed by atoms with Gasteiger partial charge in [-0.3, -0.25) is 5.41 Å². The van der Waals surface area contributed by atoms with Gasteiger partial charge < -0.3 is 15.4 Å². The maximum Gasteiger partial charge on any atom is 0.0918 e. The van der Waals surface area contributed by atoms with Crippen LogP contribution < -0.4 is 5.73 Å². The number of nitrogens with zero attached hydrogens (tertiary/aromatic N) is 1. The van der Waals surface area contributed by atoms with E-state index in [-0.39, 0.29) is 5.60 Å². The van der Waals surface area contributed by atoms with Gasteiger partial charge in [0.05, 0.1) is 11.4 Å². The van der Waals surface area contributed by atoms with E-state index in [2.05, 4.69) is 11.9 Å². The number of ether oxygens (including phenoxy) is 1. The zero-order valence-corrected chi connectivity index (χ0v) is 10.9. The Labute approximate surface area is 104 Å². The van der Waals surface area contributed by atoms with E-state index in [0.717, 1.165) is 19.6 Å². The van der Waals surface area contributed by atoms with E-state index in [9.17, 15) is 0 Å². The van der Waals surface area contributed by atoms with Gasteiger partial charge in [0.25, 0.3) is 0 Å². The van der Waals surface area contributed by atoms with Crippen molar-refractivity contribution in [2.45, 2.75) is 56.6 Å². The summed E-state index contributed by atoms with van der Waals surface area (Å²) in [6.07, 6.45) is 8.10. The molecule has 1 heterocycles. The summed E-state index contributed by atoms with van der Waals surface area (Å²) in [5, 5.41) is 7.29. The van der Waals surface area contributed by atoms with Crippen LogP contribution in [0.5, 0.6) is 0 Å². The highest BCUT2D eigenvalue weighted by molar-refractivity contribution is 5.76. The molecule has 17 heavy (non-hydrogen) atoms. The molecule has 3 N–H and O–H groups in total. The van der Waals surface area contributed by atoms with Crippen molar-refractivity contribution in [2.75, 3.05) is 20.2 Å². The first-order valence-electron chi connectivity index (χ1n) is 6.78. The van der Waals surface area contributed by atoms with Crippen molar-refractivity contribution in [1.82, 2.24) is 4.90 Å². The first-order chi connectivity index (χ1) is 8.11. The topological polar surface area (TPSA) is 62.3 Å². The maximum atomic E-state index is 7.29. The maximum absolute atomic E-state index is 7.29. The third kappa shape index (κ3) is 3.19. The number of nitrogens with one attached hydrogen (secondary N) is 1. The lowest BCUT2D eigenvalue weighted by Crippen LogP contribution is -2.46. The quantitative estimate of drug-likeness (QED) is 0.580. The van der Waals surface area contributed by atoms with Crippen LogP contribution in [0.4, 0.5) is 0 Å². The molecule has 0 aromatic heterocycles. The molecule has 1 saturated carbocycles. The Hall–Kier alpha value is -0.610. The van der Waals surface area contributed by atoms with Gasteiger partial charge in [-0.2, -0.15) is 0 Å². The number of hydrogen-bond donors (Lipinski definition) is 2. The largest absolute Gasteiger partial charge is 0.388 e. The van der Waals surface area contributed by atoms with E-state index in [1.807, 2.05) is 0 Å². The zero-order chi connectivity index (χ0) is 12.3. The summed E-state index contributed by atoms with van der Waals surface area (Å²) in [6.45, 7) is 1.80. The van der Waals surface area contributed by atoms with Crippen LogP contribution in [-0.4, -0.2) is 42.6 Å². The van der Waals surface area contributed by atoms with Gasteiger partial charge in [-0.25, -0.2) is 0 Å². The Bertz CT molecular complexity index is 274. The molecule has 0 aromatic carbocycles. The molecule has 1 aliphatic carbocycles. The first-order valence-corrected chi connectivity index (χ1v) is 6.78. The second-order valence-corrected chi connectivity index (χ2v) is 5.64. The average molecular weight is 239 g/mol. The van der Waals surface area contributed by atoms with Gasteiger partial charge in [0.1, 0.15) is 0 Å². The number of amidine groups is 1. The van der Waals surface area contributed by atoms with E-state index in [4.69, 9.17) is 15.9 Å². The first kappa shape index (κ1) is 12.8. The highest BCUT2D eigenvalue weighted by Gasteiger charge is 2.40. The second kappa shape index (κ2) is 5.36. The van der Waals surface area contributed by atoms with Gasteiger partial charge in [0, 0.05) is 25.6 Å². The zero-order valence-electron chi connectivity index (χ0n) is 10.9. The Morgan fingerprint density at radius 3 is 2.82 bits per heavy atom. The molecule has 1 aliphatic heterocycles. The highest BCUT2D eigenvalue weighted by atomic mass is 16.5. The lowest BCUT2D eigenvalue weighted by atomic mass is 9.88. The molecule has 4 heteroatoms. The SMILES string of the molecule is CN(CCC(=N)N)C1CCOC2(CCCC2)C1. The van der Waals surface area contributed by atoms with Gasteiger partial charge in [0.2, 0.25) is 0 Å². The molecule has 1 unspecified atom stereocenters. The van der Waals surface area contributed by atoms with Gasteiger partial charge in [-0.15, -0.1) is 0 Å². The normalized spacial score (nSPS) is 27.8. The standard InChI is InChI=1S/C13H25N3O/c1-16(8-4-12(14)15)11-5-9-17-13(10-11)6-2-3-7-13/h11H,2-10H2,1H3,(H3,14,15). The van der Waals surface area contributed by atoms with Crippen molar-refractivity contribution in [1.29, 1.82) is 5.41 Å². The molecular weight excluding hydrogens is 214 g/mol. The van der Waals surface area contributed by atoms with E-state index >= 15 is 0 Å². The monoisotopic (exact) mass is 239 g/mol. The molecule has 0 aromatic rings. The van der Waals surface area contributed by atoms with E-state index < -0.39 is 0 Å². The van der Waals surface area contributed by atoms with E-state index in [1.165, 1.54) is 32.1 Å². The second-order valence-electron chi connectivity index (χ2n) is 5.64. The van der Waals surface area contributed by atoms with Crippen molar-refractivity contribution in [3.05, 3.63) is 0 Å². The number of rotatable bonds is 4. The van der Waals surface area contributed by atoms with E-state index in [1.54, 1.807) is 0 Å². The van der Waals surface area contributed by atoms with Gasteiger partial charge in [-0.05, 0) is 32.7 Å². The van der Waals surface area contributed by atoms with Gasteiger partial charge in [0.15, 0.2) is 0 Å². The van der Waals surface area contributed by atoms with E-state index in [0.29, 0.717) is 18.3 Å². The highest BCUT2D eigenvalue weighted by Crippen LogP contribution is 2.40. The third-order valence-corrected chi connectivity index (χ3v) is 4.34. The van der Waals surface area contributed by atoms with Crippen LogP contribution in [0.1, 0.15) is 44.9 Å². The van der Waals surface area contributed by atoms with Crippen molar-refractivity contribution in [3.63, 3.8) is 0 Å². The molecule has 4 nitrogen and oxygen atoms in total. The van der Waals surface area contributed by atoms with Crippen LogP contribution in [0.3, 0.4) is 0 Å². The molecule has 1 saturated heterocycles. The van der Waals surface area contributed by atoms with Crippen LogP contribution in [0, 0.1) is 5.41 Å². The van der Waals surface area contributed by atoms with Crippen molar-refractivity contribution in [2.24, 2.45) is 5.73 Å². The molecule has 0 radical (unpaired) electrons. The molecule has 2 fully saturated rings. The van der Waals surface area contributed by atoms with Crippen LogP contribution in [0.2, 0.25) is 0 Å². The van der Waals surface area contributed by atoms with Crippen molar-refractivity contribution < 1.29 is 4.74 Å². The van der Waals surface area contributed by atoms with Crippen molar-refractivity contribution in [3.8, 4) is 0 Å². The molecule has 98 valence electrons. The summed E-state index contributed by atoms with van der Waals surface area (Å²) in [7, 11) is 2.15. The lowest BCUT2D eigenvalue weighted by Gasteiger charge is -2.41. The Balaban J connectivity index is 1.85. The Morgan fingerprint density at radius 2 is 2.18 bits per heavy atom. The summed E-state index contributed by atoms with van der Waals surface area (Å²) < 4.78 is 6.04. The summed E-state index contributed by atoms with van der Waals surface area (Å²) in [5.74, 6) is 0.291. The predicted molar refractivity (Wildman–Crippen MR) is 69.3 cm³/mol. The molecule has 1 spiro atoms.